The van der Waals surface area contributed by atoms with Gasteiger partial charge in [0.15, 0.2) is 11.5 Å². The van der Waals surface area contributed by atoms with E-state index in [9.17, 15) is 17.6 Å². The summed E-state index contributed by atoms with van der Waals surface area (Å²) in [5.74, 6) is -0.392. The van der Waals surface area contributed by atoms with Crippen LogP contribution in [0, 0.1) is 5.82 Å². The zero-order valence-electron chi connectivity index (χ0n) is 17.2. The Labute approximate surface area is 185 Å². The van der Waals surface area contributed by atoms with Gasteiger partial charge >= 0.3 is 0 Å². The van der Waals surface area contributed by atoms with Crippen LogP contribution < -0.4 is 19.5 Å². The molecule has 1 amide bonds. The third-order valence-electron chi connectivity index (χ3n) is 5.03. The lowest BCUT2D eigenvalue weighted by Crippen LogP contribution is -2.25. The molecule has 32 heavy (non-hydrogen) atoms. The van der Waals surface area contributed by atoms with Crippen LogP contribution in [0.1, 0.15) is 28.4 Å². The number of para-hydroxylation sites is 1. The van der Waals surface area contributed by atoms with E-state index in [1.807, 2.05) is 19.1 Å². The Hall–Kier alpha value is -3.43. The number of carbonyl (C=O) groups is 1. The molecular formula is C23H21FN2O5S. The van der Waals surface area contributed by atoms with Crippen molar-refractivity contribution in [2.24, 2.45) is 0 Å². The second kappa shape index (κ2) is 8.97. The third-order valence-corrected chi connectivity index (χ3v) is 6.45. The highest BCUT2D eigenvalue weighted by atomic mass is 32.2. The molecule has 1 aliphatic heterocycles. The van der Waals surface area contributed by atoms with Crippen molar-refractivity contribution >= 4 is 21.6 Å². The topological polar surface area (TPSA) is 93.7 Å². The van der Waals surface area contributed by atoms with Gasteiger partial charge in [-0.15, -0.1) is 0 Å². The number of hydrogen-bond donors (Lipinski definition) is 2. The normalized spacial score (nSPS) is 12.6. The van der Waals surface area contributed by atoms with E-state index in [0.29, 0.717) is 29.2 Å². The number of nitrogens with one attached hydrogen (secondary N) is 2. The summed E-state index contributed by atoms with van der Waals surface area (Å²) in [7, 11) is -4.22. The monoisotopic (exact) mass is 456 g/mol. The lowest BCUT2D eigenvalue weighted by atomic mass is 10.1. The Morgan fingerprint density at radius 1 is 1.03 bits per heavy atom. The van der Waals surface area contributed by atoms with Gasteiger partial charge in [0.1, 0.15) is 10.7 Å². The number of ether oxygens (including phenoxy) is 2. The Morgan fingerprint density at radius 2 is 1.81 bits per heavy atom. The van der Waals surface area contributed by atoms with Crippen LogP contribution in [0.25, 0.3) is 0 Å². The number of fused-ring (bicyclic) bond motifs is 1. The largest absolute Gasteiger partial charge is 0.454 e. The SMILES string of the molecule is CCc1ccccc1NC(=O)c1ccc(F)c(S(=O)(=O)NCc2ccc3c(c2)OCO3)c1. The second-order valence-corrected chi connectivity index (χ2v) is 8.86. The molecule has 0 spiro atoms. The number of sulfonamides is 1. The van der Waals surface area contributed by atoms with E-state index < -0.39 is 26.6 Å². The number of anilines is 1. The molecule has 0 fully saturated rings. The summed E-state index contributed by atoms with van der Waals surface area (Å²) < 4.78 is 52.8. The molecule has 7 nitrogen and oxygen atoms in total. The van der Waals surface area contributed by atoms with Crippen LogP contribution in [0.15, 0.2) is 65.6 Å². The summed E-state index contributed by atoms with van der Waals surface area (Å²) in [5, 5.41) is 2.76. The van der Waals surface area contributed by atoms with Crippen molar-refractivity contribution in [3.63, 3.8) is 0 Å². The van der Waals surface area contributed by atoms with Crippen LogP contribution in [0.4, 0.5) is 10.1 Å². The highest BCUT2D eigenvalue weighted by Crippen LogP contribution is 2.32. The van der Waals surface area contributed by atoms with Gasteiger partial charge in [-0.05, 0) is 53.9 Å². The predicted octanol–water partition coefficient (Wildman–Crippen LogP) is 3.85. The maximum absolute atomic E-state index is 14.4. The fraction of sp³-hybridized carbons (Fsp3) is 0.174. The Morgan fingerprint density at radius 3 is 2.62 bits per heavy atom. The first-order valence-electron chi connectivity index (χ1n) is 9.94. The highest BCUT2D eigenvalue weighted by Gasteiger charge is 2.22. The number of rotatable bonds is 7. The molecule has 3 aromatic rings. The second-order valence-electron chi connectivity index (χ2n) is 7.12. The summed E-state index contributed by atoms with van der Waals surface area (Å²) >= 11 is 0. The number of aryl methyl sites for hydroxylation is 1. The van der Waals surface area contributed by atoms with Crippen LogP contribution in [-0.4, -0.2) is 21.1 Å². The molecule has 1 aliphatic rings. The quantitative estimate of drug-likeness (QED) is 0.563. The van der Waals surface area contributed by atoms with Gasteiger partial charge in [0, 0.05) is 17.8 Å². The summed E-state index contributed by atoms with van der Waals surface area (Å²) in [5.41, 5.74) is 2.19. The van der Waals surface area contributed by atoms with Gasteiger partial charge in [-0.25, -0.2) is 17.5 Å². The number of carbonyl (C=O) groups excluding carboxylic acids is 1. The van der Waals surface area contributed by atoms with E-state index in [-0.39, 0.29) is 18.9 Å². The first kappa shape index (κ1) is 21.8. The minimum Gasteiger partial charge on any atom is -0.454 e. The van der Waals surface area contributed by atoms with Crippen molar-refractivity contribution in [1.29, 1.82) is 0 Å². The molecule has 2 N–H and O–H groups in total. The fourth-order valence-electron chi connectivity index (χ4n) is 3.30. The van der Waals surface area contributed by atoms with Crippen LogP contribution in [0.5, 0.6) is 11.5 Å². The van der Waals surface area contributed by atoms with Gasteiger partial charge in [0.2, 0.25) is 16.8 Å². The number of benzene rings is 3. The average Bonchev–Trinajstić information content (AvgIpc) is 3.26. The molecule has 0 aromatic heterocycles. The zero-order chi connectivity index (χ0) is 22.7. The molecule has 0 aliphatic carbocycles. The molecule has 0 unspecified atom stereocenters. The molecule has 0 bridgehead atoms. The molecule has 4 rings (SSSR count). The molecule has 0 saturated carbocycles. The van der Waals surface area contributed by atoms with Crippen LogP contribution >= 0.6 is 0 Å². The molecule has 166 valence electrons. The molecule has 1 heterocycles. The maximum Gasteiger partial charge on any atom is 0.255 e. The first-order valence-corrected chi connectivity index (χ1v) is 11.4. The van der Waals surface area contributed by atoms with Crippen molar-refractivity contribution in [3.8, 4) is 11.5 Å². The van der Waals surface area contributed by atoms with Gasteiger partial charge < -0.3 is 14.8 Å². The minimum absolute atomic E-state index is 0.0285. The van der Waals surface area contributed by atoms with Gasteiger partial charge in [-0.1, -0.05) is 31.2 Å². The standard InChI is InChI=1S/C23H21FN2O5S/c1-2-16-5-3-4-6-19(16)26-23(27)17-8-9-18(24)22(12-17)32(28,29)25-13-15-7-10-20-21(11-15)31-14-30-20/h3-12,25H,2,13-14H2,1H3,(H,26,27). The van der Waals surface area contributed by atoms with E-state index in [1.54, 1.807) is 30.3 Å². The predicted molar refractivity (Wildman–Crippen MR) is 117 cm³/mol. The molecular weight excluding hydrogens is 435 g/mol. The Balaban J connectivity index is 1.52. The highest BCUT2D eigenvalue weighted by molar-refractivity contribution is 7.89. The van der Waals surface area contributed by atoms with Gasteiger partial charge in [-0.3, -0.25) is 4.79 Å². The van der Waals surface area contributed by atoms with E-state index in [0.717, 1.165) is 17.7 Å². The van der Waals surface area contributed by atoms with E-state index >= 15 is 0 Å². The summed E-state index contributed by atoms with van der Waals surface area (Å²) in [6.45, 7) is 1.98. The third kappa shape index (κ3) is 4.58. The fourth-order valence-corrected chi connectivity index (χ4v) is 4.42. The van der Waals surface area contributed by atoms with Gasteiger partial charge in [0.25, 0.3) is 5.91 Å². The van der Waals surface area contributed by atoms with Crippen molar-refractivity contribution in [2.45, 2.75) is 24.8 Å². The number of hydrogen-bond acceptors (Lipinski definition) is 5. The van der Waals surface area contributed by atoms with E-state index in [2.05, 4.69) is 10.0 Å². The summed E-state index contributed by atoms with van der Waals surface area (Å²) in [6.07, 6.45) is 0.712. The van der Waals surface area contributed by atoms with Crippen molar-refractivity contribution in [1.82, 2.24) is 4.72 Å². The smallest absolute Gasteiger partial charge is 0.255 e. The molecule has 0 saturated heterocycles. The number of amides is 1. The van der Waals surface area contributed by atoms with Crippen LogP contribution in [0.2, 0.25) is 0 Å². The van der Waals surface area contributed by atoms with Gasteiger partial charge in [-0.2, -0.15) is 0 Å². The van der Waals surface area contributed by atoms with E-state index in [1.165, 1.54) is 6.07 Å². The average molecular weight is 456 g/mol. The molecule has 9 heteroatoms. The van der Waals surface area contributed by atoms with Crippen LogP contribution in [0.3, 0.4) is 0 Å². The Bertz CT molecular complexity index is 1280. The lowest BCUT2D eigenvalue weighted by Gasteiger charge is -2.12. The van der Waals surface area contributed by atoms with Crippen LogP contribution in [-0.2, 0) is 23.0 Å². The first-order chi connectivity index (χ1) is 15.4. The summed E-state index contributed by atoms with van der Waals surface area (Å²) in [4.78, 5) is 12.1. The molecule has 0 atom stereocenters. The van der Waals surface area contributed by atoms with Gasteiger partial charge in [0.05, 0.1) is 0 Å². The Kier molecular flexibility index (Phi) is 6.11. The lowest BCUT2D eigenvalue weighted by molar-refractivity contribution is 0.102. The van der Waals surface area contributed by atoms with Crippen molar-refractivity contribution in [3.05, 3.63) is 83.2 Å². The maximum atomic E-state index is 14.4. The summed E-state index contributed by atoms with van der Waals surface area (Å²) in [6, 6.07) is 15.5. The van der Waals surface area contributed by atoms with Crippen molar-refractivity contribution in [2.75, 3.05) is 12.1 Å². The number of halogens is 1. The van der Waals surface area contributed by atoms with Crippen molar-refractivity contribution < 1.29 is 27.1 Å². The van der Waals surface area contributed by atoms with E-state index in [4.69, 9.17) is 9.47 Å². The minimum atomic E-state index is -4.22. The molecule has 3 aromatic carbocycles. The molecule has 0 radical (unpaired) electrons. The zero-order valence-corrected chi connectivity index (χ0v) is 18.0.